The monoisotopic (exact) mass is 316 g/mol. The lowest BCUT2D eigenvalue weighted by Gasteiger charge is -2.05. The highest BCUT2D eigenvalue weighted by atomic mass is 35.5. The molecule has 8 nitrogen and oxygen atoms in total. The molecule has 0 unspecified atom stereocenters. The Hall–Kier alpha value is -2.50. The molecule has 0 aliphatic carbocycles. The number of carbonyl (C=O) groups excluding carboxylic acids is 1. The lowest BCUT2D eigenvalue weighted by Crippen LogP contribution is -2.34. The number of hydrogen-bond donors (Lipinski definition) is 4. The number of aromatic hydroxyl groups is 1. The van der Waals surface area contributed by atoms with E-state index in [0.717, 1.165) is 0 Å². The number of imide groups is 1. The fourth-order valence-electron chi connectivity index (χ4n) is 1.03. The number of nitrogens with zero attached hydrogens (tertiary/aromatic N) is 2. The van der Waals surface area contributed by atoms with Crippen molar-refractivity contribution >= 4 is 46.6 Å². The maximum absolute atomic E-state index is 11.2. The number of benzene rings is 1. The molecule has 0 saturated carbocycles. The summed E-state index contributed by atoms with van der Waals surface area (Å²) in [5.74, 6) is -1.52. The average molecular weight is 317 g/mol. The molecule has 0 radical (unpaired) electrons. The van der Waals surface area contributed by atoms with Crippen LogP contribution in [0.4, 0.5) is 10.5 Å². The van der Waals surface area contributed by atoms with Gasteiger partial charge in [-0.1, -0.05) is 23.2 Å². The van der Waals surface area contributed by atoms with Gasteiger partial charge in [0.1, 0.15) is 6.07 Å². The summed E-state index contributed by atoms with van der Waals surface area (Å²) in [7, 11) is 0. The highest BCUT2D eigenvalue weighted by Gasteiger charge is 2.14. The second kappa shape index (κ2) is 6.60. The van der Waals surface area contributed by atoms with Crippen molar-refractivity contribution in [1.29, 1.82) is 5.26 Å². The van der Waals surface area contributed by atoms with Gasteiger partial charge in [0.25, 0.3) is 5.91 Å². The Balaban J connectivity index is 2.93. The molecule has 20 heavy (non-hydrogen) atoms. The van der Waals surface area contributed by atoms with Crippen LogP contribution in [0.5, 0.6) is 5.75 Å². The van der Waals surface area contributed by atoms with Crippen LogP contribution in [0.3, 0.4) is 0 Å². The standard InChI is InChI=1S/C10H6Cl2N4O4/c11-5-1-4(2-6(12)8(5)17)15-16-7(3-13)9(18)14-10(19)20/h1-2,15,17H,(H,14,18)(H,19,20). The summed E-state index contributed by atoms with van der Waals surface area (Å²) in [5, 5.41) is 31.1. The van der Waals surface area contributed by atoms with Crippen LogP contribution >= 0.6 is 23.2 Å². The number of carboxylic acid groups (broad SMARTS) is 1. The summed E-state index contributed by atoms with van der Waals surface area (Å²) in [6, 6.07) is 3.91. The number of amides is 2. The molecule has 1 aromatic carbocycles. The van der Waals surface area contributed by atoms with Crippen LogP contribution in [0.25, 0.3) is 0 Å². The molecule has 0 aliphatic heterocycles. The average Bonchev–Trinajstić information content (AvgIpc) is 2.35. The van der Waals surface area contributed by atoms with Gasteiger partial charge in [0.2, 0.25) is 5.71 Å². The number of phenols is 1. The van der Waals surface area contributed by atoms with Gasteiger partial charge < -0.3 is 10.2 Å². The first kappa shape index (κ1) is 15.6. The van der Waals surface area contributed by atoms with Crippen molar-refractivity contribution in [3.8, 4) is 11.8 Å². The summed E-state index contributed by atoms with van der Waals surface area (Å²) in [4.78, 5) is 21.5. The largest absolute Gasteiger partial charge is 0.505 e. The van der Waals surface area contributed by atoms with Crippen molar-refractivity contribution in [2.45, 2.75) is 0 Å². The number of phenolic OH excluding ortho intramolecular Hbond substituents is 1. The van der Waals surface area contributed by atoms with E-state index in [1.807, 2.05) is 0 Å². The zero-order chi connectivity index (χ0) is 15.3. The fourth-order valence-corrected chi connectivity index (χ4v) is 1.52. The summed E-state index contributed by atoms with van der Waals surface area (Å²) < 4.78 is 0. The van der Waals surface area contributed by atoms with E-state index in [-0.39, 0.29) is 21.5 Å². The van der Waals surface area contributed by atoms with Crippen molar-refractivity contribution in [2.24, 2.45) is 5.10 Å². The number of hydrazone groups is 1. The van der Waals surface area contributed by atoms with E-state index in [9.17, 15) is 14.7 Å². The Morgan fingerprint density at radius 1 is 1.30 bits per heavy atom. The summed E-state index contributed by atoms with van der Waals surface area (Å²) >= 11 is 11.3. The molecule has 0 bridgehead atoms. The van der Waals surface area contributed by atoms with E-state index in [0.29, 0.717) is 0 Å². The molecule has 0 aliphatic rings. The van der Waals surface area contributed by atoms with Gasteiger partial charge in [0.05, 0.1) is 15.7 Å². The van der Waals surface area contributed by atoms with Crippen molar-refractivity contribution in [2.75, 3.05) is 5.43 Å². The summed E-state index contributed by atoms with van der Waals surface area (Å²) in [5.41, 5.74) is 1.76. The van der Waals surface area contributed by atoms with Crippen LogP contribution in [-0.2, 0) is 4.79 Å². The molecule has 0 aromatic heterocycles. The Morgan fingerprint density at radius 2 is 1.85 bits per heavy atom. The minimum absolute atomic E-state index is 0.0660. The normalized spacial score (nSPS) is 10.6. The second-order valence-electron chi connectivity index (χ2n) is 3.23. The lowest BCUT2D eigenvalue weighted by molar-refractivity contribution is -0.113. The van der Waals surface area contributed by atoms with Gasteiger partial charge in [-0.25, -0.2) is 4.79 Å². The SMILES string of the molecule is N#CC(=NNc1cc(Cl)c(O)c(Cl)c1)C(=O)NC(=O)O. The molecule has 0 fully saturated rings. The number of nitriles is 1. The number of hydrogen-bond acceptors (Lipinski definition) is 6. The molecule has 1 aromatic rings. The minimum Gasteiger partial charge on any atom is -0.505 e. The highest BCUT2D eigenvalue weighted by molar-refractivity contribution is 6.46. The minimum atomic E-state index is -1.62. The third kappa shape index (κ3) is 4.01. The van der Waals surface area contributed by atoms with Gasteiger partial charge in [0, 0.05) is 0 Å². The van der Waals surface area contributed by atoms with Gasteiger partial charge in [-0.3, -0.25) is 15.5 Å². The zero-order valence-corrected chi connectivity index (χ0v) is 11.0. The van der Waals surface area contributed by atoms with E-state index >= 15 is 0 Å². The van der Waals surface area contributed by atoms with Crippen molar-refractivity contribution in [3.63, 3.8) is 0 Å². The molecule has 1 rings (SSSR count). The molecule has 10 heteroatoms. The number of anilines is 1. The van der Waals surface area contributed by atoms with Crippen molar-refractivity contribution < 1.29 is 19.8 Å². The van der Waals surface area contributed by atoms with Gasteiger partial charge in [-0.2, -0.15) is 10.4 Å². The van der Waals surface area contributed by atoms with E-state index < -0.39 is 17.7 Å². The van der Waals surface area contributed by atoms with Gasteiger partial charge in [-0.15, -0.1) is 0 Å². The smallest absolute Gasteiger partial charge is 0.411 e. The first-order valence-corrected chi connectivity index (χ1v) is 5.56. The Kier molecular flexibility index (Phi) is 5.14. The highest BCUT2D eigenvalue weighted by Crippen LogP contribution is 2.34. The van der Waals surface area contributed by atoms with E-state index in [1.165, 1.54) is 23.5 Å². The van der Waals surface area contributed by atoms with Gasteiger partial charge in [0.15, 0.2) is 5.75 Å². The van der Waals surface area contributed by atoms with Crippen molar-refractivity contribution in [1.82, 2.24) is 5.32 Å². The molecule has 0 saturated heterocycles. The number of nitrogens with one attached hydrogen (secondary N) is 2. The first-order valence-electron chi connectivity index (χ1n) is 4.81. The number of halogens is 2. The molecule has 2 amide bonds. The van der Waals surface area contributed by atoms with Gasteiger partial charge >= 0.3 is 6.09 Å². The molecule has 104 valence electrons. The summed E-state index contributed by atoms with van der Waals surface area (Å²) in [6.07, 6.45) is -1.62. The Morgan fingerprint density at radius 3 is 2.30 bits per heavy atom. The number of rotatable bonds is 3. The third-order valence-corrected chi connectivity index (χ3v) is 2.43. The van der Waals surface area contributed by atoms with Crippen LogP contribution < -0.4 is 10.7 Å². The maximum atomic E-state index is 11.2. The molecule has 4 N–H and O–H groups in total. The summed E-state index contributed by atoms with van der Waals surface area (Å²) in [6.45, 7) is 0. The van der Waals surface area contributed by atoms with Gasteiger partial charge in [-0.05, 0) is 12.1 Å². The Labute approximate surface area is 122 Å². The van der Waals surface area contributed by atoms with Crippen LogP contribution in [0.2, 0.25) is 10.0 Å². The quantitative estimate of drug-likeness (QED) is 0.381. The van der Waals surface area contributed by atoms with Crippen LogP contribution in [0.1, 0.15) is 0 Å². The van der Waals surface area contributed by atoms with Crippen LogP contribution in [-0.4, -0.2) is 27.9 Å². The van der Waals surface area contributed by atoms with E-state index in [4.69, 9.17) is 33.6 Å². The molecular formula is C10H6Cl2N4O4. The van der Waals surface area contributed by atoms with E-state index in [2.05, 4.69) is 10.5 Å². The predicted octanol–water partition coefficient (Wildman–Crippen LogP) is 1.78. The molecule has 0 atom stereocenters. The van der Waals surface area contributed by atoms with Crippen LogP contribution in [0.15, 0.2) is 17.2 Å². The van der Waals surface area contributed by atoms with Crippen LogP contribution in [0, 0.1) is 11.3 Å². The first-order chi connectivity index (χ1) is 9.35. The van der Waals surface area contributed by atoms with E-state index in [1.54, 1.807) is 0 Å². The zero-order valence-electron chi connectivity index (χ0n) is 9.52. The number of carbonyl (C=O) groups is 2. The Bertz CT molecular complexity index is 616. The topological polar surface area (TPSA) is 135 Å². The maximum Gasteiger partial charge on any atom is 0.411 e. The molecule has 0 spiro atoms. The lowest BCUT2D eigenvalue weighted by atomic mass is 10.3. The van der Waals surface area contributed by atoms with Crippen molar-refractivity contribution in [3.05, 3.63) is 22.2 Å². The second-order valence-corrected chi connectivity index (χ2v) is 4.05. The molecular weight excluding hydrogens is 311 g/mol. The predicted molar refractivity (Wildman–Crippen MR) is 71.0 cm³/mol. The fraction of sp³-hybridized carbons (Fsp3) is 0. The molecule has 0 heterocycles. The third-order valence-electron chi connectivity index (χ3n) is 1.86.